The van der Waals surface area contributed by atoms with Gasteiger partial charge in [0, 0.05) is 15.1 Å². The standard InChI is InChI=1S/C15H14BrClO2/c1-10-7-13(17)4-6-14(10)19-9-11-8-12(16)3-5-15(11)18-2/h3-8H,9H2,1-2H3. The zero-order valence-electron chi connectivity index (χ0n) is 10.7. The number of halogens is 2. The molecule has 0 radical (unpaired) electrons. The third-order valence-corrected chi connectivity index (χ3v) is 3.49. The van der Waals surface area contributed by atoms with Crippen LogP contribution in [0.2, 0.25) is 5.02 Å². The topological polar surface area (TPSA) is 18.5 Å². The number of rotatable bonds is 4. The SMILES string of the molecule is COc1ccc(Br)cc1COc1ccc(Cl)cc1C. The van der Waals surface area contributed by atoms with Crippen LogP contribution in [0, 0.1) is 6.92 Å². The van der Waals surface area contributed by atoms with Crippen LogP contribution in [0.25, 0.3) is 0 Å². The smallest absolute Gasteiger partial charge is 0.125 e. The predicted octanol–water partition coefficient (Wildman–Crippen LogP) is 5.00. The van der Waals surface area contributed by atoms with Crippen molar-refractivity contribution in [3.05, 3.63) is 57.0 Å². The summed E-state index contributed by atoms with van der Waals surface area (Å²) in [6, 6.07) is 11.4. The quantitative estimate of drug-likeness (QED) is 0.779. The Labute approximate surface area is 126 Å². The van der Waals surface area contributed by atoms with E-state index in [4.69, 9.17) is 21.1 Å². The second kappa shape index (κ2) is 6.31. The van der Waals surface area contributed by atoms with E-state index in [0.29, 0.717) is 11.6 Å². The van der Waals surface area contributed by atoms with E-state index in [0.717, 1.165) is 27.1 Å². The zero-order chi connectivity index (χ0) is 13.8. The van der Waals surface area contributed by atoms with Crippen LogP contribution in [0.15, 0.2) is 40.9 Å². The molecule has 0 heterocycles. The molecule has 0 aliphatic heterocycles. The fraction of sp³-hybridized carbons (Fsp3) is 0.200. The molecule has 2 aromatic carbocycles. The van der Waals surface area contributed by atoms with Crippen molar-refractivity contribution in [3.63, 3.8) is 0 Å². The normalized spacial score (nSPS) is 10.3. The Morgan fingerprint density at radius 3 is 2.53 bits per heavy atom. The molecule has 2 aromatic rings. The largest absolute Gasteiger partial charge is 0.496 e. The fourth-order valence-corrected chi connectivity index (χ4v) is 2.43. The van der Waals surface area contributed by atoms with Crippen molar-refractivity contribution in [2.24, 2.45) is 0 Å². The Morgan fingerprint density at radius 2 is 1.84 bits per heavy atom. The van der Waals surface area contributed by atoms with Crippen LogP contribution in [0.3, 0.4) is 0 Å². The van der Waals surface area contributed by atoms with Crippen molar-refractivity contribution in [1.82, 2.24) is 0 Å². The maximum Gasteiger partial charge on any atom is 0.125 e. The Hall–Kier alpha value is -1.19. The number of benzene rings is 2. The summed E-state index contributed by atoms with van der Waals surface area (Å²) < 4.78 is 12.1. The number of aryl methyl sites for hydroxylation is 1. The van der Waals surface area contributed by atoms with E-state index in [1.165, 1.54) is 0 Å². The monoisotopic (exact) mass is 340 g/mol. The first-order chi connectivity index (χ1) is 9.10. The summed E-state index contributed by atoms with van der Waals surface area (Å²) in [6.07, 6.45) is 0. The average Bonchev–Trinajstić information content (AvgIpc) is 2.38. The van der Waals surface area contributed by atoms with Gasteiger partial charge in [-0.1, -0.05) is 27.5 Å². The molecule has 0 amide bonds. The van der Waals surface area contributed by atoms with E-state index in [9.17, 15) is 0 Å². The summed E-state index contributed by atoms with van der Waals surface area (Å²) in [4.78, 5) is 0. The van der Waals surface area contributed by atoms with Gasteiger partial charge in [0.25, 0.3) is 0 Å². The van der Waals surface area contributed by atoms with E-state index in [1.54, 1.807) is 7.11 Å². The van der Waals surface area contributed by atoms with Gasteiger partial charge in [-0.25, -0.2) is 0 Å². The van der Waals surface area contributed by atoms with Crippen LogP contribution in [0.5, 0.6) is 11.5 Å². The van der Waals surface area contributed by atoms with Gasteiger partial charge >= 0.3 is 0 Å². The molecule has 0 aliphatic rings. The molecule has 0 aromatic heterocycles. The lowest BCUT2D eigenvalue weighted by molar-refractivity contribution is 0.294. The van der Waals surface area contributed by atoms with Crippen molar-refractivity contribution in [1.29, 1.82) is 0 Å². The zero-order valence-corrected chi connectivity index (χ0v) is 13.1. The summed E-state index contributed by atoms with van der Waals surface area (Å²) in [6.45, 7) is 2.42. The lowest BCUT2D eigenvalue weighted by Gasteiger charge is -2.12. The number of ether oxygens (including phenoxy) is 2. The van der Waals surface area contributed by atoms with Gasteiger partial charge in [-0.15, -0.1) is 0 Å². The minimum atomic E-state index is 0.449. The molecule has 0 saturated carbocycles. The lowest BCUT2D eigenvalue weighted by Crippen LogP contribution is -2.00. The van der Waals surface area contributed by atoms with E-state index >= 15 is 0 Å². The van der Waals surface area contributed by atoms with Crippen LogP contribution >= 0.6 is 27.5 Å². The highest BCUT2D eigenvalue weighted by Gasteiger charge is 2.06. The van der Waals surface area contributed by atoms with Gasteiger partial charge in [0.05, 0.1) is 7.11 Å². The molecule has 0 fully saturated rings. The minimum Gasteiger partial charge on any atom is -0.496 e. The molecule has 0 bridgehead atoms. The highest BCUT2D eigenvalue weighted by molar-refractivity contribution is 9.10. The number of hydrogen-bond donors (Lipinski definition) is 0. The van der Waals surface area contributed by atoms with Crippen LogP contribution < -0.4 is 9.47 Å². The Kier molecular flexibility index (Phi) is 4.72. The average molecular weight is 342 g/mol. The second-order valence-corrected chi connectivity index (χ2v) is 5.51. The van der Waals surface area contributed by atoms with Gasteiger partial charge in [-0.3, -0.25) is 0 Å². The molecule has 0 atom stereocenters. The number of methoxy groups -OCH3 is 1. The van der Waals surface area contributed by atoms with Crippen molar-refractivity contribution in [2.75, 3.05) is 7.11 Å². The first-order valence-electron chi connectivity index (χ1n) is 5.81. The van der Waals surface area contributed by atoms with Crippen LogP contribution in [0.4, 0.5) is 0 Å². The first-order valence-corrected chi connectivity index (χ1v) is 6.98. The molecule has 0 aliphatic carbocycles. The third kappa shape index (κ3) is 3.64. The fourth-order valence-electron chi connectivity index (χ4n) is 1.79. The second-order valence-electron chi connectivity index (χ2n) is 4.15. The maximum absolute atomic E-state index is 5.92. The molecule has 19 heavy (non-hydrogen) atoms. The molecular formula is C15H14BrClO2. The first kappa shape index (κ1) is 14.2. The van der Waals surface area contributed by atoms with E-state index < -0.39 is 0 Å². The molecule has 2 rings (SSSR count). The van der Waals surface area contributed by atoms with Crippen LogP contribution in [0.1, 0.15) is 11.1 Å². The molecule has 0 unspecified atom stereocenters. The molecule has 0 saturated heterocycles. The van der Waals surface area contributed by atoms with E-state index in [2.05, 4.69) is 15.9 Å². The Balaban J connectivity index is 2.16. The molecular weight excluding hydrogens is 328 g/mol. The van der Waals surface area contributed by atoms with Gasteiger partial charge in [0.1, 0.15) is 18.1 Å². The lowest BCUT2D eigenvalue weighted by atomic mass is 10.2. The number of hydrogen-bond acceptors (Lipinski definition) is 2. The van der Waals surface area contributed by atoms with Gasteiger partial charge < -0.3 is 9.47 Å². The predicted molar refractivity (Wildman–Crippen MR) is 81.2 cm³/mol. The highest BCUT2D eigenvalue weighted by Crippen LogP contribution is 2.26. The van der Waals surface area contributed by atoms with E-state index in [-0.39, 0.29) is 0 Å². The van der Waals surface area contributed by atoms with Gasteiger partial charge in [0.2, 0.25) is 0 Å². The van der Waals surface area contributed by atoms with Crippen LogP contribution in [-0.2, 0) is 6.61 Å². The Morgan fingerprint density at radius 1 is 1.11 bits per heavy atom. The maximum atomic E-state index is 5.92. The van der Waals surface area contributed by atoms with Gasteiger partial charge in [0.15, 0.2) is 0 Å². The van der Waals surface area contributed by atoms with Crippen molar-refractivity contribution >= 4 is 27.5 Å². The van der Waals surface area contributed by atoms with E-state index in [1.807, 2.05) is 43.3 Å². The minimum absolute atomic E-state index is 0.449. The molecule has 2 nitrogen and oxygen atoms in total. The summed E-state index contributed by atoms with van der Waals surface area (Å²) in [5, 5.41) is 0.713. The van der Waals surface area contributed by atoms with Crippen molar-refractivity contribution < 1.29 is 9.47 Å². The third-order valence-electron chi connectivity index (χ3n) is 2.76. The summed E-state index contributed by atoms with van der Waals surface area (Å²) in [7, 11) is 1.65. The van der Waals surface area contributed by atoms with Gasteiger partial charge in [-0.05, 0) is 48.9 Å². The van der Waals surface area contributed by atoms with Gasteiger partial charge in [-0.2, -0.15) is 0 Å². The highest BCUT2D eigenvalue weighted by atomic mass is 79.9. The Bertz CT molecular complexity index is 584. The van der Waals surface area contributed by atoms with Crippen LogP contribution in [-0.4, -0.2) is 7.11 Å². The van der Waals surface area contributed by atoms with Crippen molar-refractivity contribution in [2.45, 2.75) is 13.5 Å². The molecule has 100 valence electrons. The molecule has 0 spiro atoms. The summed E-state index contributed by atoms with van der Waals surface area (Å²) >= 11 is 9.37. The molecule has 4 heteroatoms. The van der Waals surface area contributed by atoms with Crippen molar-refractivity contribution in [3.8, 4) is 11.5 Å². The summed E-state index contributed by atoms with van der Waals surface area (Å²) in [5.41, 5.74) is 2.01. The summed E-state index contributed by atoms with van der Waals surface area (Å²) in [5.74, 6) is 1.64. The molecule has 0 N–H and O–H groups in total.